The molecular weight excluding hydrogens is 480 g/mol. The second-order valence-corrected chi connectivity index (χ2v) is 10.8. The van der Waals surface area contributed by atoms with Crippen LogP contribution in [0.15, 0.2) is 12.4 Å². The Kier molecular flexibility index (Phi) is 7.20. The smallest absolute Gasteiger partial charge is 0.240 e. The van der Waals surface area contributed by atoms with Crippen LogP contribution in [0.4, 0.5) is 5.95 Å². The van der Waals surface area contributed by atoms with E-state index in [1.807, 2.05) is 18.7 Å². The molecule has 0 spiro atoms. The largest absolute Gasteiger partial charge is 0.372 e. The molecule has 0 aliphatic heterocycles. The van der Waals surface area contributed by atoms with Gasteiger partial charge in [0.15, 0.2) is 11.6 Å². The van der Waals surface area contributed by atoms with Crippen LogP contribution in [0.2, 0.25) is 5.02 Å². The van der Waals surface area contributed by atoms with Crippen molar-refractivity contribution >= 4 is 27.6 Å². The van der Waals surface area contributed by atoms with Crippen molar-refractivity contribution in [3.63, 3.8) is 0 Å². The molecule has 4 rings (SSSR count). The maximum Gasteiger partial charge on any atom is 0.240 e. The first kappa shape index (κ1) is 24.6. The Morgan fingerprint density at radius 3 is 2.59 bits per heavy atom. The molecule has 1 aliphatic rings. The molecule has 1 aliphatic carbocycles. The minimum Gasteiger partial charge on any atom is -0.372 e. The third kappa shape index (κ3) is 4.66. The number of rotatable bonds is 9. The number of anilines is 1. The van der Waals surface area contributed by atoms with Gasteiger partial charge in [-0.05, 0) is 39.0 Å². The Bertz CT molecular complexity index is 1260. The summed E-state index contributed by atoms with van der Waals surface area (Å²) in [5.41, 5.74) is 3.13. The molecule has 0 radical (unpaired) electrons. The van der Waals surface area contributed by atoms with Gasteiger partial charge < -0.3 is 4.74 Å². The number of methoxy groups -OCH3 is 1. The molecule has 0 amide bonds. The Morgan fingerprint density at radius 1 is 1.21 bits per heavy atom. The Labute approximate surface area is 204 Å². The molecule has 0 unspecified atom stereocenters. The zero-order chi connectivity index (χ0) is 24.5. The molecule has 3 heterocycles. The lowest BCUT2D eigenvalue weighted by Crippen LogP contribution is -2.33. The average Bonchev–Trinajstić information content (AvgIpc) is 3.36. The van der Waals surface area contributed by atoms with E-state index >= 15 is 0 Å². The third-order valence-corrected chi connectivity index (χ3v) is 7.96. The average molecular weight is 509 g/mol. The van der Waals surface area contributed by atoms with E-state index in [-0.39, 0.29) is 11.8 Å². The number of hydrogen-bond donors (Lipinski definition) is 1. The number of nitrogens with one attached hydrogen (secondary N) is 1. The topological polar surface area (TPSA) is 130 Å². The molecule has 3 aromatic rings. The van der Waals surface area contributed by atoms with Gasteiger partial charge >= 0.3 is 0 Å². The van der Waals surface area contributed by atoms with Crippen molar-refractivity contribution in [3.8, 4) is 11.5 Å². The first-order valence-corrected chi connectivity index (χ1v) is 13.2. The van der Waals surface area contributed by atoms with Crippen LogP contribution in [0.5, 0.6) is 0 Å². The van der Waals surface area contributed by atoms with Crippen molar-refractivity contribution in [2.75, 3.05) is 11.8 Å². The van der Waals surface area contributed by atoms with Crippen molar-refractivity contribution in [2.24, 2.45) is 7.05 Å². The lowest BCUT2D eigenvalue weighted by atomic mass is 9.95. The van der Waals surface area contributed by atoms with Crippen LogP contribution in [0.1, 0.15) is 56.3 Å². The number of aryl methyl sites for hydroxylation is 1. The fourth-order valence-corrected chi connectivity index (χ4v) is 5.55. The van der Waals surface area contributed by atoms with Crippen molar-refractivity contribution in [2.45, 2.75) is 63.9 Å². The summed E-state index contributed by atoms with van der Waals surface area (Å²) in [6.45, 7) is 4.08. The quantitative estimate of drug-likeness (QED) is 0.467. The van der Waals surface area contributed by atoms with E-state index in [0.29, 0.717) is 17.4 Å². The van der Waals surface area contributed by atoms with Crippen LogP contribution >= 0.6 is 11.6 Å². The standard InChI is InChI=1S/C21H29ClN8O3S/c1-5-10-30-20(17-15-8-6-7-9-16(15)29(3)27-17)25-26-21(30)28-34(31,32)13(2)18(33-4)19-23-11-14(22)12-24-19/h11-13,18H,5-10H2,1-4H3,(H,26,28)/t13-,18-/m0/s1. The van der Waals surface area contributed by atoms with E-state index in [1.165, 1.54) is 37.7 Å². The fourth-order valence-electron chi connectivity index (χ4n) is 4.30. The van der Waals surface area contributed by atoms with E-state index in [9.17, 15) is 8.42 Å². The van der Waals surface area contributed by atoms with Gasteiger partial charge in [0, 0.05) is 44.4 Å². The predicted octanol–water partition coefficient (Wildman–Crippen LogP) is 2.93. The van der Waals surface area contributed by atoms with Crippen LogP contribution in [0, 0.1) is 0 Å². The molecular formula is C21H29ClN8O3S. The molecule has 0 saturated heterocycles. The number of sulfonamides is 1. The minimum absolute atomic E-state index is 0.144. The molecule has 184 valence electrons. The maximum atomic E-state index is 13.3. The molecule has 0 aromatic carbocycles. The summed E-state index contributed by atoms with van der Waals surface area (Å²) < 4.78 is 38.3. The highest BCUT2D eigenvalue weighted by molar-refractivity contribution is 7.93. The Hall–Kier alpha value is -2.57. The first-order valence-electron chi connectivity index (χ1n) is 11.3. The first-order chi connectivity index (χ1) is 16.3. The number of ether oxygens (including phenoxy) is 1. The number of fused-ring (bicyclic) bond motifs is 1. The van der Waals surface area contributed by atoms with Crippen molar-refractivity contribution in [3.05, 3.63) is 34.5 Å². The molecule has 11 nitrogen and oxygen atoms in total. The van der Waals surface area contributed by atoms with E-state index < -0.39 is 21.4 Å². The van der Waals surface area contributed by atoms with Crippen molar-refractivity contribution < 1.29 is 13.2 Å². The number of nitrogens with zero attached hydrogens (tertiary/aromatic N) is 7. The molecule has 0 bridgehead atoms. The fraction of sp³-hybridized carbons (Fsp3) is 0.571. The van der Waals surface area contributed by atoms with Crippen LogP contribution in [0.25, 0.3) is 11.5 Å². The molecule has 34 heavy (non-hydrogen) atoms. The van der Waals surface area contributed by atoms with Crippen molar-refractivity contribution in [1.82, 2.24) is 34.5 Å². The summed E-state index contributed by atoms with van der Waals surface area (Å²) in [7, 11) is -0.595. The lowest BCUT2D eigenvalue weighted by molar-refractivity contribution is 0.0950. The second kappa shape index (κ2) is 9.96. The number of aromatic nitrogens is 7. The monoisotopic (exact) mass is 508 g/mol. The van der Waals surface area contributed by atoms with Gasteiger partial charge in [-0.3, -0.25) is 14.0 Å². The van der Waals surface area contributed by atoms with Crippen molar-refractivity contribution in [1.29, 1.82) is 0 Å². The minimum atomic E-state index is -3.94. The van der Waals surface area contributed by atoms with E-state index in [0.717, 1.165) is 37.8 Å². The predicted molar refractivity (Wildman–Crippen MR) is 128 cm³/mol. The molecule has 2 atom stereocenters. The zero-order valence-corrected chi connectivity index (χ0v) is 21.3. The van der Waals surface area contributed by atoms with E-state index in [1.54, 1.807) is 4.57 Å². The van der Waals surface area contributed by atoms with Gasteiger partial charge in [-0.15, -0.1) is 10.2 Å². The van der Waals surface area contributed by atoms with Gasteiger partial charge in [-0.2, -0.15) is 5.10 Å². The van der Waals surface area contributed by atoms with E-state index in [2.05, 4.69) is 24.9 Å². The summed E-state index contributed by atoms with van der Waals surface area (Å²) in [4.78, 5) is 8.24. The van der Waals surface area contributed by atoms with Gasteiger partial charge in [0.05, 0.1) is 5.02 Å². The van der Waals surface area contributed by atoms with E-state index in [4.69, 9.17) is 21.4 Å². The zero-order valence-electron chi connectivity index (χ0n) is 19.7. The third-order valence-electron chi connectivity index (χ3n) is 6.07. The summed E-state index contributed by atoms with van der Waals surface area (Å²) >= 11 is 5.86. The van der Waals surface area contributed by atoms with Crippen LogP contribution in [0.3, 0.4) is 0 Å². The molecule has 1 N–H and O–H groups in total. The molecule has 0 saturated carbocycles. The van der Waals surface area contributed by atoms with Gasteiger partial charge in [-0.1, -0.05) is 18.5 Å². The van der Waals surface area contributed by atoms with Gasteiger partial charge in [0.2, 0.25) is 16.0 Å². The van der Waals surface area contributed by atoms with Crippen LogP contribution < -0.4 is 4.72 Å². The number of halogens is 1. The number of hydrogen-bond acceptors (Lipinski definition) is 8. The molecule has 0 fully saturated rings. The van der Waals surface area contributed by atoms with Gasteiger partial charge in [-0.25, -0.2) is 18.4 Å². The van der Waals surface area contributed by atoms with Crippen LogP contribution in [-0.2, 0) is 41.2 Å². The summed E-state index contributed by atoms with van der Waals surface area (Å²) in [5, 5.41) is 12.6. The normalized spacial score (nSPS) is 15.7. The molecule has 13 heteroatoms. The van der Waals surface area contributed by atoms with Gasteiger partial charge in [0.25, 0.3) is 0 Å². The Balaban J connectivity index is 1.66. The lowest BCUT2D eigenvalue weighted by Gasteiger charge is -2.22. The SMILES string of the molecule is CCCn1c(NS(=O)(=O)[C@@H](C)[C@H](OC)c2ncc(Cl)cn2)nnc1-c1nn(C)c2c1CCCC2. The summed E-state index contributed by atoms with van der Waals surface area (Å²) in [5.74, 6) is 0.932. The Morgan fingerprint density at radius 2 is 1.91 bits per heavy atom. The highest BCUT2D eigenvalue weighted by atomic mass is 35.5. The maximum absolute atomic E-state index is 13.3. The molecule has 3 aromatic heterocycles. The summed E-state index contributed by atoms with van der Waals surface area (Å²) in [6.07, 6.45) is 6.80. The van der Waals surface area contributed by atoms with Gasteiger partial charge in [0.1, 0.15) is 17.0 Å². The van der Waals surface area contributed by atoms with Crippen LogP contribution in [-0.4, -0.2) is 55.3 Å². The second-order valence-electron chi connectivity index (χ2n) is 8.37. The summed E-state index contributed by atoms with van der Waals surface area (Å²) in [6, 6.07) is 0. The highest BCUT2D eigenvalue weighted by Crippen LogP contribution is 2.32. The highest BCUT2D eigenvalue weighted by Gasteiger charge is 2.34.